The van der Waals surface area contributed by atoms with E-state index in [-0.39, 0.29) is 0 Å². The summed E-state index contributed by atoms with van der Waals surface area (Å²) in [5.74, 6) is 0. The zero-order valence-electron chi connectivity index (χ0n) is 10.2. The molecule has 0 fully saturated rings. The quantitative estimate of drug-likeness (QED) is 0.350. The molecule has 0 saturated carbocycles. The molecule has 0 amide bonds. The first-order valence-electron chi connectivity index (χ1n) is 6.18. The lowest BCUT2D eigenvalue weighted by Crippen LogP contribution is -1.89. The Labute approximate surface area is 105 Å². The normalized spacial score (nSPS) is 11.8. The van der Waals surface area contributed by atoms with Gasteiger partial charge in [-0.15, -0.1) is 0 Å². The summed E-state index contributed by atoms with van der Waals surface area (Å²) in [7, 11) is 0. The van der Waals surface area contributed by atoms with E-state index in [4.69, 9.17) is 5.73 Å². The minimum atomic E-state index is 0.831. The summed E-state index contributed by atoms with van der Waals surface area (Å²) in [6.45, 7) is 2.17. The average molecular weight is 231 g/mol. The summed E-state index contributed by atoms with van der Waals surface area (Å²) < 4.78 is 0. The molecule has 1 heteroatoms. The van der Waals surface area contributed by atoms with Gasteiger partial charge < -0.3 is 5.73 Å². The second-order valence-corrected chi connectivity index (χ2v) is 5.00. The molecule has 0 aliphatic rings. The maximum Gasteiger partial charge on any atom is 0.0326 e. The van der Waals surface area contributed by atoms with Crippen LogP contribution in [0.15, 0.2) is 48.5 Å². The zero-order valence-corrected chi connectivity index (χ0v) is 10.2. The van der Waals surface area contributed by atoms with Gasteiger partial charge in [-0.3, -0.25) is 0 Å². The molecule has 0 atom stereocenters. The molecule has 0 bridgehead atoms. The molecule has 0 aliphatic carbocycles. The molecule has 0 aliphatic heterocycles. The lowest BCUT2D eigenvalue weighted by molar-refractivity contribution is 1.55. The van der Waals surface area contributed by atoms with Crippen LogP contribution < -0.4 is 5.73 Å². The Morgan fingerprint density at radius 2 is 1.33 bits per heavy atom. The van der Waals surface area contributed by atoms with E-state index in [1.165, 1.54) is 37.9 Å². The fourth-order valence-corrected chi connectivity index (χ4v) is 2.99. The predicted octanol–water partition coefficient (Wildman–Crippen LogP) is 4.47. The number of hydrogen-bond donors (Lipinski definition) is 1. The summed E-state index contributed by atoms with van der Waals surface area (Å²) >= 11 is 0. The van der Waals surface area contributed by atoms with Gasteiger partial charge in [-0.2, -0.15) is 0 Å². The van der Waals surface area contributed by atoms with Crippen molar-refractivity contribution in [2.75, 3.05) is 5.73 Å². The van der Waals surface area contributed by atoms with Gasteiger partial charge >= 0.3 is 0 Å². The molecule has 86 valence electrons. The van der Waals surface area contributed by atoms with Gasteiger partial charge in [-0.25, -0.2) is 0 Å². The van der Waals surface area contributed by atoms with Crippen molar-refractivity contribution in [3.05, 3.63) is 54.1 Å². The molecule has 0 radical (unpaired) electrons. The van der Waals surface area contributed by atoms with Crippen LogP contribution in [0, 0.1) is 6.92 Å². The number of aryl methyl sites for hydroxylation is 1. The Morgan fingerprint density at radius 3 is 2.11 bits per heavy atom. The maximum absolute atomic E-state index is 5.96. The summed E-state index contributed by atoms with van der Waals surface area (Å²) in [4.78, 5) is 0. The second kappa shape index (κ2) is 3.14. The number of anilines is 1. The lowest BCUT2D eigenvalue weighted by Gasteiger charge is -2.12. The second-order valence-electron chi connectivity index (χ2n) is 5.00. The topological polar surface area (TPSA) is 26.0 Å². The van der Waals surface area contributed by atoms with Crippen LogP contribution >= 0.6 is 0 Å². The Kier molecular flexibility index (Phi) is 1.69. The SMILES string of the molecule is Cc1ccc2ccc3cc(N)cc4ccc1c2c34. The number of nitrogens with two attached hydrogens (primary N) is 1. The molecule has 1 nitrogen and oxygen atoms in total. The highest BCUT2D eigenvalue weighted by Crippen LogP contribution is 2.36. The molecule has 0 unspecified atom stereocenters. The van der Waals surface area contributed by atoms with Gasteiger partial charge in [0.05, 0.1) is 0 Å². The third kappa shape index (κ3) is 1.11. The molecule has 0 saturated heterocycles. The largest absolute Gasteiger partial charge is 0.399 e. The number of rotatable bonds is 0. The van der Waals surface area contributed by atoms with Gasteiger partial charge in [0, 0.05) is 5.69 Å². The van der Waals surface area contributed by atoms with E-state index in [0.717, 1.165) is 5.69 Å². The Morgan fingerprint density at radius 1 is 0.722 bits per heavy atom. The van der Waals surface area contributed by atoms with E-state index in [2.05, 4.69) is 55.5 Å². The lowest BCUT2D eigenvalue weighted by atomic mass is 9.92. The zero-order chi connectivity index (χ0) is 12.3. The van der Waals surface area contributed by atoms with Crippen LogP contribution in [0.2, 0.25) is 0 Å². The van der Waals surface area contributed by atoms with Crippen LogP contribution in [-0.4, -0.2) is 0 Å². The fourth-order valence-electron chi connectivity index (χ4n) is 2.99. The van der Waals surface area contributed by atoms with Crippen LogP contribution in [0.25, 0.3) is 32.3 Å². The van der Waals surface area contributed by atoms with E-state index < -0.39 is 0 Å². The van der Waals surface area contributed by atoms with Crippen LogP contribution in [0.4, 0.5) is 5.69 Å². The van der Waals surface area contributed by atoms with Crippen molar-refractivity contribution in [1.82, 2.24) is 0 Å². The van der Waals surface area contributed by atoms with E-state index >= 15 is 0 Å². The number of benzene rings is 4. The third-order valence-corrected chi connectivity index (χ3v) is 3.84. The van der Waals surface area contributed by atoms with E-state index in [9.17, 15) is 0 Å². The van der Waals surface area contributed by atoms with Gasteiger partial charge in [0.25, 0.3) is 0 Å². The molecule has 0 spiro atoms. The van der Waals surface area contributed by atoms with Crippen LogP contribution in [0.5, 0.6) is 0 Å². The highest BCUT2D eigenvalue weighted by Gasteiger charge is 2.09. The molecule has 0 heterocycles. The van der Waals surface area contributed by atoms with Crippen molar-refractivity contribution in [2.45, 2.75) is 6.92 Å². The van der Waals surface area contributed by atoms with Gasteiger partial charge in [0.2, 0.25) is 0 Å². The van der Waals surface area contributed by atoms with Gasteiger partial charge in [0.1, 0.15) is 0 Å². The summed E-state index contributed by atoms with van der Waals surface area (Å²) in [6, 6.07) is 17.2. The van der Waals surface area contributed by atoms with Gasteiger partial charge in [0.15, 0.2) is 0 Å². The standard InChI is InChI=1S/C17H13N/c1-10-2-3-11-4-5-12-8-14(18)9-13-6-7-15(10)17(11)16(12)13/h2-9H,18H2,1H3. The van der Waals surface area contributed by atoms with Crippen LogP contribution in [0.3, 0.4) is 0 Å². The van der Waals surface area contributed by atoms with Crippen molar-refractivity contribution >= 4 is 38.0 Å². The summed E-state index contributed by atoms with van der Waals surface area (Å²) in [5, 5.41) is 7.81. The molecule has 4 aromatic carbocycles. The van der Waals surface area contributed by atoms with Crippen molar-refractivity contribution in [3.63, 3.8) is 0 Å². The smallest absolute Gasteiger partial charge is 0.0326 e. The first-order chi connectivity index (χ1) is 8.74. The Bertz CT molecular complexity index is 871. The third-order valence-electron chi connectivity index (χ3n) is 3.84. The predicted molar refractivity (Wildman–Crippen MR) is 79.3 cm³/mol. The van der Waals surface area contributed by atoms with E-state index in [1.54, 1.807) is 0 Å². The molecule has 4 aromatic rings. The van der Waals surface area contributed by atoms with E-state index in [1.807, 2.05) is 0 Å². The highest BCUT2D eigenvalue weighted by atomic mass is 14.5. The van der Waals surface area contributed by atoms with Crippen LogP contribution in [-0.2, 0) is 0 Å². The first-order valence-corrected chi connectivity index (χ1v) is 6.18. The minimum Gasteiger partial charge on any atom is -0.399 e. The minimum absolute atomic E-state index is 0.831. The van der Waals surface area contributed by atoms with Crippen molar-refractivity contribution in [2.24, 2.45) is 0 Å². The van der Waals surface area contributed by atoms with Gasteiger partial charge in [-0.05, 0) is 56.9 Å². The monoisotopic (exact) mass is 231 g/mol. The van der Waals surface area contributed by atoms with Crippen LogP contribution in [0.1, 0.15) is 5.56 Å². The maximum atomic E-state index is 5.96. The molecule has 2 N–H and O–H groups in total. The number of nitrogen functional groups attached to an aromatic ring is 1. The summed E-state index contributed by atoms with van der Waals surface area (Å²) in [6.07, 6.45) is 0. The molecule has 4 rings (SSSR count). The Balaban J connectivity index is 2.44. The molecule has 18 heavy (non-hydrogen) atoms. The molecule has 0 aromatic heterocycles. The molecular weight excluding hydrogens is 218 g/mol. The van der Waals surface area contributed by atoms with Crippen molar-refractivity contribution < 1.29 is 0 Å². The van der Waals surface area contributed by atoms with Crippen molar-refractivity contribution in [3.8, 4) is 0 Å². The fraction of sp³-hybridized carbons (Fsp3) is 0.0588. The Hall–Kier alpha value is -2.28. The summed E-state index contributed by atoms with van der Waals surface area (Å²) in [5.41, 5.74) is 8.12. The first kappa shape index (κ1) is 9.72. The van der Waals surface area contributed by atoms with E-state index in [0.29, 0.717) is 0 Å². The highest BCUT2D eigenvalue weighted by molar-refractivity contribution is 6.24. The van der Waals surface area contributed by atoms with Gasteiger partial charge in [-0.1, -0.05) is 36.4 Å². The molecular formula is C17H13N. The number of hydrogen-bond acceptors (Lipinski definition) is 1. The van der Waals surface area contributed by atoms with Crippen molar-refractivity contribution in [1.29, 1.82) is 0 Å². The average Bonchev–Trinajstić information content (AvgIpc) is 2.37.